The number of hydrogen-bond acceptors (Lipinski definition) is 2. The Morgan fingerprint density at radius 3 is 1.65 bits per heavy atom. The van der Waals surface area contributed by atoms with E-state index < -0.39 is 0 Å². The van der Waals surface area contributed by atoms with Gasteiger partial charge in [0, 0.05) is 16.3 Å². The van der Waals surface area contributed by atoms with Crippen molar-refractivity contribution < 1.29 is 9.53 Å². The fourth-order valence-corrected chi connectivity index (χ4v) is 3.65. The molecular formula is C18H34I2O2Si. The van der Waals surface area contributed by atoms with Crippen LogP contribution in [0.15, 0.2) is 12.7 Å². The molecule has 0 aliphatic carbocycles. The van der Waals surface area contributed by atoms with Gasteiger partial charge in [-0.3, -0.25) is 0 Å². The van der Waals surface area contributed by atoms with Gasteiger partial charge in [0.05, 0.1) is 7.66 Å². The molecule has 0 aromatic heterocycles. The Morgan fingerprint density at radius 2 is 1.26 bits per heavy atom. The van der Waals surface area contributed by atoms with Crippen molar-refractivity contribution in [3.63, 3.8) is 0 Å². The fraction of sp³-hybridized carbons (Fsp3) is 0.833. The average Bonchev–Trinajstić information content (AvgIpc) is 2.49. The van der Waals surface area contributed by atoms with Crippen molar-refractivity contribution in [2.75, 3.05) is 6.61 Å². The van der Waals surface area contributed by atoms with Crippen LogP contribution in [0.25, 0.3) is 0 Å². The number of unbranched alkanes of at least 4 members (excludes halogenated alkanes) is 11. The summed E-state index contributed by atoms with van der Waals surface area (Å²) in [7, 11) is 1.30. The molecular weight excluding hydrogens is 530 g/mol. The molecule has 0 atom stereocenters. The Kier molecular flexibility index (Phi) is 17.0. The van der Waals surface area contributed by atoms with Crippen LogP contribution in [0.2, 0.25) is 0 Å². The molecule has 0 radical (unpaired) electrons. The zero-order valence-corrected chi connectivity index (χ0v) is 21.1. The zero-order valence-electron chi connectivity index (χ0n) is 14.8. The van der Waals surface area contributed by atoms with Crippen LogP contribution < -0.4 is 0 Å². The van der Waals surface area contributed by atoms with Crippen molar-refractivity contribution in [1.82, 2.24) is 0 Å². The molecule has 0 saturated heterocycles. The van der Waals surface area contributed by atoms with Crippen LogP contribution >= 0.6 is 45.2 Å². The molecule has 0 aromatic carbocycles. The topological polar surface area (TPSA) is 26.3 Å². The molecule has 5 heteroatoms. The van der Waals surface area contributed by atoms with Gasteiger partial charge in [0.2, 0.25) is 0 Å². The number of esters is 1. The van der Waals surface area contributed by atoms with E-state index in [4.69, 9.17) is 4.74 Å². The standard InChI is InChI=1S/C18H34I2O2Si/c1-2-17(21)22-16-14-12-10-8-6-4-3-5-7-9-11-13-15-18(19,20)23/h2H,1,3-16H2,23H3. The molecule has 0 bridgehead atoms. The lowest BCUT2D eigenvalue weighted by Gasteiger charge is -2.13. The summed E-state index contributed by atoms with van der Waals surface area (Å²) in [5.74, 6) is -0.301. The summed E-state index contributed by atoms with van der Waals surface area (Å²) in [6.07, 6.45) is 18.6. The summed E-state index contributed by atoms with van der Waals surface area (Å²) in [4.78, 5) is 10.8. The predicted octanol–water partition coefficient (Wildman–Crippen LogP) is 5.68. The van der Waals surface area contributed by atoms with Gasteiger partial charge < -0.3 is 4.74 Å². The molecule has 23 heavy (non-hydrogen) atoms. The molecule has 0 spiro atoms. The first-order chi connectivity index (χ1) is 11.0. The first-order valence-electron chi connectivity index (χ1n) is 9.13. The van der Waals surface area contributed by atoms with E-state index in [1.165, 1.54) is 93.4 Å². The highest BCUT2D eigenvalue weighted by Crippen LogP contribution is 2.29. The lowest BCUT2D eigenvalue weighted by Crippen LogP contribution is -2.08. The van der Waals surface area contributed by atoms with E-state index in [0.29, 0.717) is 7.66 Å². The van der Waals surface area contributed by atoms with Crippen LogP contribution in [0.1, 0.15) is 83.5 Å². The van der Waals surface area contributed by atoms with E-state index in [9.17, 15) is 4.79 Å². The highest BCUT2D eigenvalue weighted by atomic mass is 127. The Morgan fingerprint density at radius 1 is 0.870 bits per heavy atom. The number of ether oxygens (including phenoxy) is 1. The van der Waals surface area contributed by atoms with Gasteiger partial charge in [-0.15, -0.1) is 0 Å². The van der Waals surface area contributed by atoms with Crippen LogP contribution in [-0.4, -0.2) is 23.9 Å². The second-order valence-electron chi connectivity index (χ2n) is 6.43. The third-order valence-corrected chi connectivity index (χ3v) is 5.50. The maximum absolute atomic E-state index is 10.8. The molecule has 0 heterocycles. The molecule has 0 aliphatic rings. The van der Waals surface area contributed by atoms with Crippen molar-refractivity contribution in [1.29, 1.82) is 0 Å². The van der Waals surface area contributed by atoms with Crippen LogP contribution in [0.5, 0.6) is 0 Å². The number of carbonyl (C=O) groups is 1. The molecule has 136 valence electrons. The Labute approximate surface area is 173 Å². The van der Waals surface area contributed by atoms with Gasteiger partial charge in [-0.25, -0.2) is 4.79 Å². The molecule has 0 rings (SSSR count). The van der Waals surface area contributed by atoms with Crippen LogP contribution in [-0.2, 0) is 9.53 Å². The number of alkyl halides is 2. The summed E-state index contributed by atoms with van der Waals surface area (Å²) in [6, 6.07) is 0. The van der Waals surface area contributed by atoms with Crippen molar-refractivity contribution in [3.05, 3.63) is 12.7 Å². The molecule has 0 unspecified atom stereocenters. The number of hydrogen-bond donors (Lipinski definition) is 0. The van der Waals surface area contributed by atoms with Gasteiger partial charge in [-0.2, -0.15) is 0 Å². The smallest absolute Gasteiger partial charge is 0.330 e. The normalized spacial score (nSPS) is 11.6. The number of rotatable bonds is 16. The quantitative estimate of drug-likeness (QED) is 0.0603. The molecule has 0 saturated carbocycles. The minimum Gasteiger partial charge on any atom is -0.463 e. The number of halogens is 2. The first kappa shape index (κ1) is 23.9. The lowest BCUT2D eigenvalue weighted by molar-refractivity contribution is -0.137. The molecule has 0 amide bonds. The molecule has 0 aliphatic heterocycles. The van der Waals surface area contributed by atoms with E-state index in [1.807, 2.05) is 0 Å². The summed E-state index contributed by atoms with van der Waals surface area (Å²) in [6.45, 7) is 3.92. The maximum Gasteiger partial charge on any atom is 0.330 e. The summed E-state index contributed by atoms with van der Waals surface area (Å²) in [5, 5.41) is 0. The molecule has 0 N–H and O–H groups in total. The monoisotopic (exact) mass is 564 g/mol. The van der Waals surface area contributed by atoms with Gasteiger partial charge in [0.15, 0.2) is 0 Å². The Hall–Kier alpha value is 0.887. The van der Waals surface area contributed by atoms with Crippen molar-refractivity contribution in [2.24, 2.45) is 0 Å². The lowest BCUT2D eigenvalue weighted by atomic mass is 10.0. The van der Waals surface area contributed by atoms with E-state index in [2.05, 4.69) is 51.8 Å². The second-order valence-corrected chi connectivity index (χ2v) is 19.0. The summed E-state index contributed by atoms with van der Waals surface area (Å²) < 4.78 is 5.54. The van der Waals surface area contributed by atoms with E-state index in [1.54, 1.807) is 0 Å². The van der Waals surface area contributed by atoms with Crippen LogP contribution in [0.3, 0.4) is 0 Å². The van der Waals surface area contributed by atoms with Crippen molar-refractivity contribution in [3.8, 4) is 0 Å². The largest absolute Gasteiger partial charge is 0.463 e. The first-order valence-corrected chi connectivity index (χ1v) is 12.3. The number of carbonyl (C=O) groups excluding carboxylic acids is 1. The molecule has 0 fully saturated rings. The molecule has 2 nitrogen and oxygen atoms in total. The van der Waals surface area contributed by atoms with Gasteiger partial charge in [0.1, 0.15) is 0 Å². The SMILES string of the molecule is C=CC(=O)OCCCCCCCCCCCCCCC([SiH3])(I)I. The third-order valence-electron chi connectivity index (χ3n) is 3.92. The van der Waals surface area contributed by atoms with Gasteiger partial charge in [-0.05, 0) is 12.8 Å². The van der Waals surface area contributed by atoms with Crippen LogP contribution in [0.4, 0.5) is 0 Å². The van der Waals surface area contributed by atoms with Crippen LogP contribution in [0, 0.1) is 0 Å². The highest BCUT2D eigenvalue weighted by Gasteiger charge is 2.12. The predicted molar refractivity (Wildman–Crippen MR) is 122 cm³/mol. The van der Waals surface area contributed by atoms with Gasteiger partial charge in [-0.1, -0.05) is 122 Å². The minimum atomic E-state index is -0.301. The van der Waals surface area contributed by atoms with Crippen molar-refractivity contribution >= 4 is 61.4 Å². The third kappa shape index (κ3) is 20.8. The average molecular weight is 564 g/mol. The summed E-state index contributed by atoms with van der Waals surface area (Å²) >= 11 is 5.20. The van der Waals surface area contributed by atoms with E-state index in [0.717, 1.165) is 6.42 Å². The van der Waals surface area contributed by atoms with Crippen molar-refractivity contribution in [2.45, 2.75) is 84.5 Å². The fourth-order valence-electron chi connectivity index (χ4n) is 2.54. The molecule has 0 aromatic rings. The maximum atomic E-state index is 10.8. The van der Waals surface area contributed by atoms with E-state index >= 15 is 0 Å². The summed E-state index contributed by atoms with van der Waals surface area (Å²) in [5.41, 5.74) is 0. The van der Waals surface area contributed by atoms with E-state index in [-0.39, 0.29) is 5.97 Å². The van der Waals surface area contributed by atoms with Gasteiger partial charge >= 0.3 is 5.97 Å². The second kappa shape index (κ2) is 16.4. The Balaban J connectivity index is 3.08. The zero-order chi connectivity index (χ0) is 17.4. The highest BCUT2D eigenvalue weighted by molar-refractivity contribution is 14.2. The van der Waals surface area contributed by atoms with Gasteiger partial charge in [0.25, 0.3) is 0 Å². The Bertz CT molecular complexity index is 304. The minimum absolute atomic E-state index is 0.301.